The van der Waals surface area contributed by atoms with Gasteiger partial charge in [0.1, 0.15) is 17.1 Å². The summed E-state index contributed by atoms with van der Waals surface area (Å²) < 4.78 is 4.94. The highest BCUT2D eigenvalue weighted by Gasteiger charge is 2.19. The smallest absolute Gasteiger partial charge is 0.351 e. The largest absolute Gasteiger partial charge is 0.506 e. The van der Waals surface area contributed by atoms with Gasteiger partial charge in [-0.05, 0) is 32.4 Å². The van der Waals surface area contributed by atoms with E-state index in [1.165, 1.54) is 6.08 Å². The molecule has 1 aromatic carbocycles. The number of carbonyl (C=O) groups excluding carboxylic acids is 1. The van der Waals surface area contributed by atoms with Crippen molar-refractivity contribution in [1.29, 1.82) is 0 Å². The van der Waals surface area contributed by atoms with Crippen LogP contribution in [0.5, 0.6) is 5.75 Å². The highest BCUT2D eigenvalue weighted by molar-refractivity contribution is 6.08. The predicted molar refractivity (Wildman–Crippen MR) is 80.7 cm³/mol. The van der Waals surface area contributed by atoms with Gasteiger partial charge in [-0.3, -0.25) is 4.79 Å². The minimum absolute atomic E-state index is 0.303. The van der Waals surface area contributed by atoms with Crippen LogP contribution in [0.4, 0.5) is 0 Å². The summed E-state index contributed by atoms with van der Waals surface area (Å²) in [5, 5.41) is 9.96. The summed E-state index contributed by atoms with van der Waals surface area (Å²) in [6, 6.07) is 7.58. The van der Waals surface area contributed by atoms with Gasteiger partial charge < -0.3 is 9.52 Å². The number of ketones is 1. The van der Waals surface area contributed by atoms with Crippen LogP contribution >= 0.6 is 0 Å². The third-order valence-electron chi connectivity index (χ3n) is 3.29. The highest BCUT2D eigenvalue weighted by Crippen LogP contribution is 2.22. The summed E-state index contributed by atoms with van der Waals surface area (Å²) in [5.41, 5.74) is 1.15. The molecule has 1 N–H and O–H groups in total. The van der Waals surface area contributed by atoms with Crippen molar-refractivity contribution >= 4 is 11.9 Å². The molecule has 0 amide bonds. The van der Waals surface area contributed by atoms with Crippen LogP contribution in [-0.4, -0.2) is 10.9 Å². The van der Waals surface area contributed by atoms with Crippen LogP contribution in [0.3, 0.4) is 0 Å². The molecule has 0 atom stereocenters. The van der Waals surface area contributed by atoms with Gasteiger partial charge in [0.15, 0.2) is 5.78 Å². The number of aryl methyl sites for hydroxylation is 2. The molecule has 0 aliphatic rings. The first kappa shape index (κ1) is 14.8. The van der Waals surface area contributed by atoms with Crippen LogP contribution in [0.25, 0.3) is 6.08 Å². The summed E-state index contributed by atoms with van der Waals surface area (Å²) in [4.78, 5) is 23.8. The van der Waals surface area contributed by atoms with Gasteiger partial charge in [0.05, 0.1) is 0 Å². The second-order valence-electron chi connectivity index (χ2n) is 4.91. The lowest BCUT2D eigenvalue weighted by atomic mass is 10.1. The minimum Gasteiger partial charge on any atom is -0.506 e. The molecule has 0 unspecified atom stereocenters. The Hall–Kier alpha value is -2.62. The first-order valence-corrected chi connectivity index (χ1v) is 6.52. The van der Waals surface area contributed by atoms with E-state index in [0.29, 0.717) is 11.3 Å². The first-order valence-electron chi connectivity index (χ1n) is 6.52. The molecule has 0 aliphatic heterocycles. The number of hydrogen-bond acceptors (Lipinski definition) is 4. The number of hydrogen-bond donors (Lipinski definition) is 1. The standard InChI is InChI=1S/C17H16O4/c1-10-5-4-6-13(9-10)7-8-14(18)15-16(19)11(2)12(3)21-17(15)20/h4-9,19H,1-3H3. The van der Waals surface area contributed by atoms with Gasteiger partial charge in [0, 0.05) is 5.56 Å². The molecular weight excluding hydrogens is 268 g/mol. The Morgan fingerprint density at radius 2 is 1.95 bits per heavy atom. The van der Waals surface area contributed by atoms with Crippen molar-refractivity contribution in [2.24, 2.45) is 0 Å². The molecule has 0 aliphatic carbocycles. The molecule has 0 radical (unpaired) electrons. The first-order chi connectivity index (χ1) is 9.90. The molecule has 1 aromatic heterocycles. The van der Waals surface area contributed by atoms with Crippen LogP contribution in [0.1, 0.15) is 32.8 Å². The fourth-order valence-corrected chi connectivity index (χ4v) is 1.96. The van der Waals surface area contributed by atoms with Crippen LogP contribution in [0, 0.1) is 20.8 Å². The van der Waals surface area contributed by atoms with Gasteiger partial charge in [-0.2, -0.15) is 0 Å². The third kappa shape index (κ3) is 3.11. The summed E-state index contributed by atoms with van der Waals surface area (Å²) in [6.07, 6.45) is 2.86. The molecule has 108 valence electrons. The van der Waals surface area contributed by atoms with Crippen LogP contribution in [0.15, 0.2) is 39.6 Å². The monoisotopic (exact) mass is 284 g/mol. The lowest BCUT2D eigenvalue weighted by molar-refractivity contribution is 0.104. The number of carbonyl (C=O) groups is 1. The van der Waals surface area contributed by atoms with Gasteiger partial charge >= 0.3 is 5.63 Å². The number of aromatic hydroxyl groups is 1. The van der Waals surface area contributed by atoms with E-state index in [1.54, 1.807) is 19.9 Å². The topological polar surface area (TPSA) is 67.5 Å². The second kappa shape index (κ2) is 5.79. The molecule has 0 fully saturated rings. The summed E-state index contributed by atoms with van der Waals surface area (Å²) >= 11 is 0. The van der Waals surface area contributed by atoms with E-state index in [-0.39, 0.29) is 11.3 Å². The zero-order valence-corrected chi connectivity index (χ0v) is 12.1. The quantitative estimate of drug-likeness (QED) is 0.694. The van der Waals surface area contributed by atoms with E-state index in [2.05, 4.69) is 0 Å². The predicted octanol–water partition coefficient (Wildman–Crippen LogP) is 3.17. The van der Waals surface area contributed by atoms with Crippen LogP contribution in [0.2, 0.25) is 0 Å². The van der Waals surface area contributed by atoms with Gasteiger partial charge in [0.2, 0.25) is 0 Å². The van der Waals surface area contributed by atoms with Crippen molar-refractivity contribution in [1.82, 2.24) is 0 Å². The molecule has 21 heavy (non-hydrogen) atoms. The summed E-state index contributed by atoms with van der Waals surface area (Å²) in [5.74, 6) is -0.592. The third-order valence-corrected chi connectivity index (χ3v) is 3.29. The normalized spacial score (nSPS) is 11.0. The highest BCUT2D eigenvalue weighted by atomic mass is 16.4. The summed E-state index contributed by atoms with van der Waals surface area (Å²) in [6.45, 7) is 5.10. The van der Waals surface area contributed by atoms with E-state index in [9.17, 15) is 14.7 Å². The van der Waals surface area contributed by atoms with E-state index >= 15 is 0 Å². The molecule has 4 heteroatoms. The van der Waals surface area contributed by atoms with Crippen molar-refractivity contribution in [2.45, 2.75) is 20.8 Å². The average molecular weight is 284 g/mol. The van der Waals surface area contributed by atoms with Gasteiger partial charge in [0.25, 0.3) is 0 Å². The maximum Gasteiger partial charge on any atom is 0.351 e. The minimum atomic E-state index is -0.825. The number of benzene rings is 1. The Bertz CT molecular complexity index is 782. The zero-order chi connectivity index (χ0) is 15.6. The molecule has 1 heterocycles. The number of allylic oxidation sites excluding steroid dienone is 1. The van der Waals surface area contributed by atoms with Crippen molar-refractivity contribution < 1.29 is 14.3 Å². The summed E-state index contributed by atoms with van der Waals surface area (Å²) in [7, 11) is 0. The zero-order valence-electron chi connectivity index (χ0n) is 12.1. The molecule has 0 saturated carbocycles. The molecule has 0 bridgehead atoms. The molecule has 0 spiro atoms. The van der Waals surface area contributed by atoms with Crippen molar-refractivity contribution in [3.8, 4) is 5.75 Å². The lowest BCUT2D eigenvalue weighted by Crippen LogP contribution is -2.14. The maximum absolute atomic E-state index is 12.1. The van der Waals surface area contributed by atoms with Crippen molar-refractivity contribution in [3.63, 3.8) is 0 Å². The van der Waals surface area contributed by atoms with Crippen LogP contribution in [-0.2, 0) is 0 Å². The molecule has 2 rings (SSSR count). The van der Waals surface area contributed by atoms with Gasteiger partial charge in [-0.25, -0.2) is 4.79 Å². The van der Waals surface area contributed by atoms with E-state index < -0.39 is 11.4 Å². The molecule has 0 saturated heterocycles. The van der Waals surface area contributed by atoms with Gasteiger partial charge in [-0.1, -0.05) is 35.9 Å². The Labute approximate surface area is 122 Å². The van der Waals surface area contributed by atoms with E-state index in [0.717, 1.165) is 11.1 Å². The molecular formula is C17H16O4. The SMILES string of the molecule is Cc1cccc(C=CC(=O)c2c(O)c(C)c(C)oc2=O)c1. The van der Waals surface area contributed by atoms with E-state index in [4.69, 9.17) is 4.42 Å². The van der Waals surface area contributed by atoms with Crippen LogP contribution < -0.4 is 5.63 Å². The van der Waals surface area contributed by atoms with Gasteiger partial charge in [-0.15, -0.1) is 0 Å². The van der Waals surface area contributed by atoms with Crippen molar-refractivity contribution in [3.05, 3.63) is 68.8 Å². The fourth-order valence-electron chi connectivity index (χ4n) is 1.96. The molecule has 4 nitrogen and oxygen atoms in total. The average Bonchev–Trinajstić information content (AvgIpc) is 2.43. The number of rotatable bonds is 3. The molecule has 2 aromatic rings. The Balaban J connectivity index is 2.38. The fraction of sp³-hybridized carbons (Fsp3) is 0.176. The Morgan fingerprint density at radius 1 is 1.24 bits per heavy atom. The van der Waals surface area contributed by atoms with E-state index in [1.807, 2.05) is 31.2 Å². The van der Waals surface area contributed by atoms with Crippen molar-refractivity contribution in [2.75, 3.05) is 0 Å². The maximum atomic E-state index is 12.1. The Morgan fingerprint density at radius 3 is 2.62 bits per heavy atom. The lowest BCUT2D eigenvalue weighted by Gasteiger charge is -2.04. The Kier molecular flexibility index (Phi) is 4.08. The second-order valence-corrected chi connectivity index (χ2v) is 4.91.